The van der Waals surface area contributed by atoms with Crippen LogP contribution < -0.4 is 14.2 Å². The zero-order chi connectivity index (χ0) is 18.8. The average Bonchev–Trinajstić information content (AvgIpc) is 2.69. The van der Waals surface area contributed by atoms with Crippen molar-refractivity contribution >= 4 is 5.91 Å². The predicted molar refractivity (Wildman–Crippen MR) is 93.2 cm³/mol. The molecule has 2 aromatic rings. The van der Waals surface area contributed by atoms with E-state index < -0.39 is 18.0 Å². The summed E-state index contributed by atoms with van der Waals surface area (Å²) in [4.78, 5) is 22.3. The van der Waals surface area contributed by atoms with Crippen LogP contribution in [0, 0.1) is 5.82 Å². The number of carbonyl (C=O) groups is 1. The molecule has 0 saturated carbocycles. The first-order valence-corrected chi connectivity index (χ1v) is 8.95. The zero-order valence-corrected chi connectivity index (χ0v) is 14.9. The molecule has 142 valence electrons. The van der Waals surface area contributed by atoms with Crippen molar-refractivity contribution in [3.05, 3.63) is 42.5 Å². The Balaban J connectivity index is 1.42. The number of benzene rings is 1. The smallest absolute Gasteiger partial charge is 0.316 e. The Morgan fingerprint density at radius 2 is 1.93 bits per heavy atom. The van der Waals surface area contributed by atoms with E-state index in [0.29, 0.717) is 24.6 Å². The van der Waals surface area contributed by atoms with E-state index in [2.05, 4.69) is 9.97 Å². The summed E-state index contributed by atoms with van der Waals surface area (Å²) < 4.78 is 30.4. The van der Waals surface area contributed by atoms with Gasteiger partial charge in [0.2, 0.25) is 6.10 Å². The molecule has 0 spiro atoms. The molecule has 2 aliphatic rings. The third kappa shape index (κ3) is 3.79. The highest BCUT2D eigenvalue weighted by molar-refractivity contribution is 5.82. The van der Waals surface area contributed by atoms with Crippen molar-refractivity contribution in [1.82, 2.24) is 14.9 Å². The summed E-state index contributed by atoms with van der Waals surface area (Å²) in [6, 6.07) is 7.42. The van der Waals surface area contributed by atoms with Crippen molar-refractivity contribution < 1.29 is 23.4 Å². The summed E-state index contributed by atoms with van der Waals surface area (Å²) in [7, 11) is 0. The lowest BCUT2D eigenvalue weighted by Gasteiger charge is -2.37. The summed E-state index contributed by atoms with van der Waals surface area (Å²) in [6.45, 7) is 2.84. The molecule has 3 unspecified atom stereocenters. The number of carbonyl (C=O) groups excluding carboxylic acids is 1. The van der Waals surface area contributed by atoms with Crippen LogP contribution in [0.1, 0.15) is 19.8 Å². The number of amides is 1. The van der Waals surface area contributed by atoms with Gasteiger partial charge in [-0.1, -0.05) is 12.1 Å². The number of hydrogen-bond donors (Lipinski definition) is 0. The lowest BCUT2D eigenvalue weighted by molar-refractivity contribution is -0.147. The molecule has 1 amide bonds. The molecule has 7 nitrogen and oxygen atoms in total. The quantitative estimate of drug-likeness (QED) is 0.821. The van der Waals surface area contributed by atoms with Crippen LogP contribution in [0.3, 0.4) is 0 Å². The summed E-state index contributed by atoms with van der Waals surface area (Å²) in [5.74, 6) is 0.553. The van der Waals surface area contributed by atoms with E-state index >= 15 is 0 Å². The number of rotatable bonds is 3. The van der Waals surface area contributed by atoms with Gasteiger partial charge < -0.3 is 19.1 Å². The van der Waals surface area contributed by atoms with E-state index in [4.69, 9.17) is 14.2 Å². The SMILES string of the molecule is CC1Oc2ccccc2OC1C(=O)N1CCCC(Oc2ncc(F)cn2)C1. The zero-order valence-electron chi connectivity index (χ0n) is 14.9. The number of likely N-dealkylation sites (tertiary alicyclic amines) is 1. The Labute approximate surface area is 156 Å². The molecule has 27 heavy (non-hydrogen) atoms. The van der Waals surface area contributed by atoms with Crippen molar-refractivity contribution in [2.75, 3.05) is 13.1 Å². The fraction of sp³-hybridized carbons (Fsp3) is 0.421. The van der Waals surface area contributed by atoms with Crippen LogP contribution in [0.4, 0.5) is 4.39 Å². The van der Waals surface area contributed by atoms with E-state index in [-0.39, 0.29) is 18.0 Å². The molecule has 1 aromatic carbocycles. The summed E-state index contributed by atoms with van der Waals surface area (Å²) >= 11 is 0. The highest BCUT2D eigenvalue weighted by Gasteiger charge is 2.38. The molecule has 3 heterocycles. The maximum atomic E-state index is 13.0. The molecule has 1 fully saturated rings. The van der Waals surface area contributed by atoms with E-state index in [9.17, 15) is 9.18 Å². The number of para-hydroxylation sites is 2. The minimum absolute atomic E-state index is 0.107. The van der Waals surface area contributed by atoms with E-state index in [1.165, 1.54) is 0 Å². The van der Waals surface area contributed by atoms with Gasteiger partial charge in [-0.3, -0.25) is 4.79 Å². The largest absolute Gasteiger partial charge is 0.482 e. The van der Waals surface area contributed by atoms with E-state index in [0.717, 1.165) is 25.2 Å². The molecular weight excluding hydrogens is 353 g/mol. The van der Waals surface area contributed by atoms with Gasteiger partial charge in [0.25, 0.3) is 5.91 Å². The van der Waals surface area contributed by atoms with Crippen LogP contribution in [0.2, 0.25) is 0 Å². The van der Waals surface area contributed by atoms with Gasteiger partial charge in [0, 0.05) is 6.54 Å². The van der Waals surface area contributed by atoms with Gasteiger partial charge in [-0.2, -0.15) is 0 Å². The Morgan fingerprint density at radius 1 is 1.22 bits per heavy atom. The Morgan fingerprint density at radius 3 is 2.67 bits per heavy atom. The predicted octanol–water partition coefficient (Wildman–Crippen LogP) is 2.21. The van der Waals surface area contributed by atoms with Crippen LogP contribution in [-0.2, 0) is 4.79 Å². The van der Waals surface area contributed by atoms with Gasteiger partial charge in [0.05, 0.1) is 18.9 Å². The molecule has 1 saturated heterocycles. The van der Waals surface area contributed by atoms with Crippen molar-refractivity contribution in [1.29, 1.82) is 0 Å². The Bertz CT molecular complexity index is 817. The molecule has 0 aliphatic carbocycles. The molecule has 8 heteroatoms. The van der Waals surface area contributed by atoms with Gasteiger partial charge in [0.1, 0.15) is 12.2 Å². The van der Waals surface area contributed by atoms with Crippen molar-refractivity contribution in [2.24, 2.45) is 0 Å². The van der Waals surface area contributed by atoms with Crippen molar-refractivity contribution in [3.63, 3.8) is 0 Å². The average molecular weight is 373 g/mol. The van der Waals surface area contributed by atoms with Gasteiger partial charge in [-0.15, -0.1) is 0 Å². The normalized spacial score (nSPS) is 24.4. The van der Waals surface area contributed by atoms with Crippen LogP contribution in [0.5, 0.6) is 17.5 Å². The minimum Gasteiger partial charge on any atom is -0.482 e. The van der Waals surface area contributed by atoms with E-state index in [1.54, 1.807) is 11.0 Å². The highest BCUT2D eigenvalue weighted by Crippen LogP contribution is 2.34. The van der Waals surface area contributed by atoms with Crippen molar-refractivity contribution in [3.8, 4) is 17.5 Å². The molecular formula is C19H20FN3O4. The monoisotopic (exact) mass is 373 g/mol. The standard InChI is InChI=1S/C19H20FN3O4/c1-12-17(27-16-7-3-2-6-15(16)25-12)18(24)23-8-4-5-14(11-23)26-19-21-9-13(20)10-22-19/h2-3,6-7,9-10,12,14,17H,4-5,8,11H2,1H3. The lowest BCUT2D eigenvalue weighted by atomic mass is 10.1. The first-order valence-electron chi connectivity index (χ1n) is 8.95. The summed E-state index contributed by atoms with van der Waals surface area (Å²) in [5.41, 5.74) is 0. The van der Waals surface area contributed by atoms with Crippen LogP contribution in [0.15, 0.2) is 36.7 Å². The first kappa shape index (κ1) is 17.5. The van der Waals surface area contributed by atoms with E-state index in [1.807, 2.05) is 25.1 Å². The van der Waals surface area contributed by atoms with Crippen LogP contribution >= 0.6 is 0 Å². The van der Waals surface area contributed by atoms with Gasteiger partial charge in [-0.05, 0) is 31.9 Å². The number of piperidine rings is 1. The number of nitrogens with zero attached hydrogens (tertiary/aromatic N) is 3. The second-order valence-electron chi connectivity index (χ2n) is 6.66. The highest BCUT2D eigenvalue weighted by atomic mass is 19.1. The number of hydrogen-bond acceptors (Lipinski definition) is 6. The number of fused-ring (bicyclic) bond motifs is 1. The second kappa shape index (κ2) is 7.38. The Kier molecular flexibility index (Phi) is 4.79. The maximum absolute atomic E-state index is 13.0. The molecule has 4 rings (SSSR count). The van der Waals surface area contributed by atoms with Crippen LogP contribution in [-0.4, -0.2) is 52.2 Å². The maximum Gasteiger partial charge on any atom is 0.316 e. The third-order valence-electron chi connectivity index (χ3n) is 4.64. The van der Waals surface area contributed by atoms with Gasteiger partial charge >= 0.3 is 6.01 Å². The number of aromatic nitrogens is 2. The van der Waals surface area contributed by atoms with Crippen molar-refractivity contribution in [2.45, 2.75) is 38.1 Å². The number of halogens is 1. The molecule has 2 aliphatic heterocycles. The molecule has 0 radical (unpaired) electrons. The molecule has 1 aromatic heterocycles. The van der Waals surface area contributed by atoms with Gasteiger partial charge in [0.15, 0.2) is 17.3 Å². The number of ether oxygens (including phenoxy) is 3. The topological polar surface area (TPSA) is 73.8 Å². The summed E-state index contributed by atoms with van der Waals surface area (Å²) in [5, 5.41) is 0. The minimum atomic E-state index is -0.708. The van der Waals surface area contributed by atoms with Crippen LogP contribution in [0.25, 0.3) is 0 Å². The molecule has 0 N–H and O–H groups in total. The Hall–Kier alpha value is -2.90. The third-order valence-corrected chi connectivity index (χ3v) is 4.64. The molecule has 3 atom stereocenters. The molecule has 0 bridgehead atoms. The summed E-state index contributed by atoms with van der Waals surface area (Å²) in [6.07, 6.45) is 2.32. The second-order valence-corrected chi connectivity index (χ2v) is 6.66. The van der Waals surface area contributed by atoms with Gasteiger partial charge in [-0.25, -0.2) is 14.4 Å². The fourth-order valence-corrected chi connectivity index (χ4v) is 3.32. The first-order chi connectivity index (χ1) is 13.1. The lowest BCUT2D eigenvalue weighted by Crippen LogP contribution is -2.54. The fourth-order valence-electron chi connectivity index (χ4n) is 3.32.